The topological polar surface area (TPSA) is 55.4 Å². The molecule has 0 saturated heterocycles. The van der Waals surface area contributed by atoms with Gasteiger partial charge in [0.05, 0.1) is 12.9 Å². The van der Waals surface area contributed by atoms with Crippen LogP contribution in [0, 0.1) is 0 Å². The van der Waals surface area contributed by atoms with E-state index in [2.05, 4.69) is 5.32 Å². The van der Waals surface area contributed by atoms with Crippen LogP contribution in [-0.2, 0) is 9.84 Å². The number of ether oxygens (including phenoxy) is 1. The molecule has 0 fully saturated rings. The molecule has 0 spiro atoms. The number of rotatable bonds is 7. The van der Waals surface area contributed by atoms with E-state index >= 15 is 0 Å². The first-order valence-corrected chi connectivity index (χ1v) is 7.88. The predicted molar refractivity (Wildman–Crippen MR) is 73.7 cm³/mol. The maximum atomic E-state index is 11.3. The minimum Gasteiger partial charge on any atom is -0.497 e. The van der Waals surface area contributed by atoms with Gasteiger partial charge in [-0.2, -0.15) is 0 Å². The summed E-state index contributed by atoms with van der Waals surface area (Å²) in [6, 6.07) is 7.88. The summed E-state index contributed by atoms with van der Waals surface area (Å²) >= 11 is 0. The van der Waals surface area contributed by atoms with Crippen LogP contribution in [0.4, 0.5) is 0 Å². The fourth-order valence-electron chi connectivity index (χ4n) is 1.59. The van der Waals surface area contributed by atoms with Gasteiger partial charge in [-0.25, -0.2) is 8.42 Å². The minimum absolute atomic E-state index is 0.128. The van der Waals surface area contributed by atoms with Crippen LogP contribution in [0.3, 0.4) is 0 Å². The van der Waals surface area contributed by atoms with Gasteiger partial charge in [-0.3, -0.25) is 0 Å². The highest BCUT2D eigenvalue weighted by Crippen LogP contribution is 2.16. The molecule has 0 aliphatic rings. The molecule has 0 saturated carbocycles. The van der Waals surface area contributed by atoms with Crippen LogP contribution in [0.5, 0.6) is 5.75 Å². The first kappa shape index (κ1) is 15.0. The van der Waals surface area contributed by atoms with E-state index in [9.17, 15) is 8.42 Å². The molecular weight excluding hydrogens is 250 g/mol. The molecule has 0 aromatic heterocycles. The minimum atomic E-state index is -2.89. The van der Waals surface area contributed by atoms with Crippen molar-refractivity contribution in [2.75, 3.05) is 25.2 Å². The van der Waals surface area contributed by atoms with Gasteiger partial charge >= 0.3 is 0 Å². The Kier molecular flexibility index (Phi) is 5.62. The van der Waals surface area contributed by atoms with Crippen molar-refractivity contribution in [3.8, 4) is 5.75 Å². The highest BCUT2D eigenvalue weighted by molar-refractivity contribution is 7.91. The lowest BCUT2D eigenvalue weighted by Crippen LogP contribution is -2.26. The zero-order chi connectivity index (χ0) is 13.6. The van der Waals surface area contributed by atoms with Crippen molar-refractivity contribution >= 4 is 9.84 Å². The molecule has 0 radical (unpaired) electrons. The van der Waals surface area contributed by atoms with Crippen LogP contribution < -0.4 is 10.1 Å². The third-order valence-corrected chi connectivity index (χ3v) is 4.63. The third kappa shape index (κ3) is 4.66. The Morgan fingerprint density at radius 3 is 2.39 bits per heavy atom. The largest absolute Gasteiger partial charge is 0.497 e. The number of sulfone groups is 1. The Balaban J connectivity index is 2.47. The van der Waals surface area contributed by atoms with Gasteiger partial charge in [0.25, 0.3) is 0 Å². The first-order valence-electron chi connectivity index (χ1n) is 6.06. The van der Waals surface area contributed by atoms with Crippen LogP contribution in [0.1, 0.15) is 25.5 Å². The summed E-state index contributed by atoms with van der Waals surface area (Å²) in [4.78, 5) is 0. The molecule has 0 bridgehead atoms. The van der Waals surface area contributed by atoms with Gasteiger partial charge in [-0.15, -0.1) is 0 Å². The summed E-state index contributed by atoms with van der Waals surface area (Å²) in [5.41, 5.74) is 1.12. The predicted octanol–water partition coefficient (Wildman–Crippen LogP) is 1.78. The van der Waals surface area contributed by atoms with Crippen molar-refractivity contribution in [2.24, 2.45) is 0 Å². The van der Waals surface area contributed by atoms with Gasteiger partial charge < -0.3 is 10.1 Å². The summed E-state index contributed by atoms with van der Waals surface area (Å²) in [5.74, 6) is 1.20. The van der Waals surface area contributed by atoms with E-state index in [1.807, 2.05) is 31.2 Å². The molecule has 1 rings (SSSR count). The Labute approximate surface area is 109 Å². The van der Waals surface area contributed by atoms with E-state index in [4.69, 9.17) is 4.74 Å². The van der Waals surface area contributed by atoms with Crippen LogP contribution in [0.25, 0.3) is 0 Å². The van der Waals surface area contributed by atoms with Crippen molar-refractivity contribution in [1.82, 2.24) is 5.32 Å². The SMILES string of the molecule is CCS(=O)(=O)CCN[C@@H](C)c1ccc(OC)cc1. The molecule has 18 heavy (non-hydrogen) atoms. The quantitative estimate of drug-likeness (QED) is 0.821. The number of nitrogens with one attached hydrogen (secondary N) is 1. The van der Waals surface area contributed by atoms with Gasteiger partial charge in [-0.05, 0) is 24.6 Å². The summed E-state index contributed by atoms with van der Waals surface area (Å²) in [5, 5.41) is 3.21. The molecular formula is C13H21NO3S. The van der Waals surface area contributed by atoms with Gasteiger partial charge in [0.15, 0.2) is 9.84 Å². The number of benzene rings is 1. The monoisotopic (exact) mass is 271 g/mol. The summed E-state index contributed by atoms with van der Waals surface area (Å²) in [6.45, 7) is 4.16. The van der Waals surface area contributed by atoms with Crippen LogP contribution in [0.2, 0.25) is 0 Å². The summed E-state index contributed by atoms with van der Waals surface area (Å²) in [7, 11) is -1.26. The van der Waals surface area contributed by atoms with Crippen LogP contribution in [-0.4, -0.2) is 33.6 Å². The maximum Gasteiger partial charge on any atom is 0.151 e. The lowest BCUT2D eigenvalue weighted by molar-refractivity contribution is 0.414. The fourth-order valence-corrected chi connectivity index (χ4v) is 2.30. The molecule has 1 aromatic carbocycles. The van der Waals surface area contributed by atoms with Gasteiger partial charge in [-0.1, -0.05) is 19.1 Å². The fraction of sp³-hybridized carbons (Fsp3) is 0.538. The normalized spacial score (nSPS) is 13.3. The van der Waals surface area contributed by atoms with Crippen molar-refractivity contribution in [3.05, 3.63) is 29.8 Å². The molecule has 4 nitrogen and oxygen atoms in total. The number of hydrogen-bond donors (Lipinski definition) is 1. The molecule has 102 valence electrons. The second kappa shape index (κ2) is 6.75. The third-order valence-electron chi connectivity index (χ3n) is 2.92. The van der Waals surface area contributed by atoms with Crippen molar-refractivity contribution in [3.63, 3.8) is 0 Å². The molecule has 0 heterocycles. The van der Waals surface area contributed by atoms with Crippen LogP contribution in [0.15, 0.2) is 24.3 Å². The van der Waals surface area contributed by atoms with E-state index < -0.39 is 9.84 Å². The molecule has 1 N–H and O–H groups in total. The van der Waals surface area contributed by atoms with E-state index in [1.165, 1.54) is 0 Å². The highest BCUT2D eigenvalue weighted by atomic mass is 32.2. The lowest BCUT2D eigenvalue weighted by Gasteiger charge is -2.14. The average Bonchev–Trinajstić information content (AvgIpc) is 2.38. The summed E-state index contributed by atoms with van der Waals surface area (Å²) in [6.07, 6.45) is 0. The van der Waals surface area contributed by atoms with Crippen LogP contribution >= 0.6 is 0 Å². The van der Waals surface area contributed by atoms with E-state index in [1.54, 1.807) is 14.0 Å². The smallest absolute Gasteiger partial charge is 0.151 e. The Morgan fingerprint density at radius 2 is 1.89 bits per heavy atom. The van der Waals surface area contributed by atoms with E-state index in [0.717, 1.165) is 11.3 Å². The van der Waals surface area contributed by atoms with Gasteiger partial charge in [0, 0.05) is 18.3 Å². The Hall–Kier alpha value is -1.07. The highest BCUT2D eigenvalue weighted by Gasteiger charge is 2.09. The second-order valence-corrected chi connectivity index (χ2v) is 6.66. The lowest BCUT2D eigenvalue weighted by atomic mass is 10.1. The Bertz CT molecular complexity index is 454. The summed E-state index contributed by atoms with van der Waals surface area (Å²) < 4.78 is 27.8. The second-order valence-electron chi connectivity index (χ2n) is 4.19. The zero-order valence-electron chi connectivity index (χ0n) is 11.1. The first-order chi connectivity index (χ1) is 8.48. The Morgan fingerprint density at radius 1 is 1.28 bits per heavy atom. The molecule has 0 amide bonds. The molecule has 1 atom stereocenters. The molecule has 0 aliphatic heterocycles. The number of hydrogen-bond acceptors (Lipinski definition) is 4. The average molecular weight is 271 g/mol. The molecule has 0 unspecified atom stereocenters. The van der Waals surface area contributed by atoms with E-state index in [-0.39, 0.29) is 17.5 Å². The zero-order valence-corrected chi connectivity index (χ0v) is 12.0. The van der Waals surface area contributed by atoms with Crippen molar-refractivity contribution in [2.45, 2.75) is 19.9 Å². The molecule has 5 heteroatoms. The number of methoxy groups -OCH3 is 1. The van der Waals surface area contributed by atoms with E-state index in [0.29, 0.717) is 6.54 Å². The maximum absolute atomic E-state index is 11.3. The van der Waals surface area contributed by atoms with Crippen molar-refractivity contribution in [1.29, 1.82) is 0 Å². The molecule has 1 aromatic rings. The van der Waals surface area contributed by atoms with Crippen molar-refractivity contribution < 1.29 is 13.2 Å². The van der Waals surface area contributed by atoms with Gasteiger partial charge in [0.1, 0.15) is 5.75 Å². The van der Waals surface area contributed by atoms with Gasteiger partial charge in [0.2, 0.25) is 0 Å². The standard InChI is InChI=1S/C13H21NO3S/c1-4-18(15,16)10-9-14-11(2)12-5-7-13(17-3)8-6-12/h5-8,11,14H,4,9-10H2,1-3H3/t11-/m0/s1. The molecule has 0 aliphatic carbocycles.